The summed E-state index contributed by atoms with van der Waals surface area (Å²) in [5.74, 6) is 1.61. The van der Waals surface area contributed by atoms with Gasteiger partial charge in [0.25, 0.3) is 0 Å². The molecule has 2 N–H and O–H groups in total. The molecule has 0 aliphatic carbocycles. The molecule has 1 aromatic rings. The summed E-state index contributed by atoms with van der Waals surface area (Å²) in [5.41, 5.74) is 5.60. The number of aromatic nitrogens is 2. The highest BCUT2D eigenvalue weighted by molar-refractivity contribution is 6.29. The van der Waals surface area contributed by atoms with E-state index in [-0.39, 0.29) is 0 Å². The second-order valence-electron chi connectivity index (χ2n) is 4.25. The van der Waals surface area contributed by atoms with Crippen molar-refractivity contribution in [2.45, 2.75) is 19.3 Å². The summed E-state index contributed by atoms with van der Waals surface area (Å²) in [6, 6.07) is 3.72. The van der Waals surface area contributed by atoms with Gasteiger partial charge in [-0.25, -0.2) is 0 Å². The van der Waals surface area contributed by atoms with Gasteiger partial charge in [0.2, 0.25) is 0 Å². The van der Waals surface area contributed by atoms with Crippen molar-refractivity contribution in [3.8, 4) is 0 Å². The first-order valence-corrected chi connectivity index (χ1v) is 6.11. The lowest BCUT2D eigenvalue weighted by Gasteiger charge is -2.33. The van der Waals surface area contributed by atoms with E-state index >= 15 is 0 Å². The molecule has 1 fully saturated rings. The third kappa shape index (κ3) is 2.83. The molecule has 0 bridgehead atoms. The molecule has 5 heteroatoms. The number of anilines is 1. The van der Waals surface area contributed by atoms with Crippen LogP contribution in [0.25, 0.3) is 0 Å². The third-order valence-corrected chi connectivity index (χ3v) is 3.24. The van der Waals surface area contributed by atoms with Gasteiger partial charge in [0.1, 0.15) is 0 Å². The van der Waals surface area contributed by atoms with Gasteiger partial charge in [0, 0.05) is 13.1 Å². The first-order valence-electron chi connectivity index (χ1n) is 5.74. The van der Waals surface area contributed by atoms with Crippen LogP contribution in [0.5, 0.6) is 0 Å². The van der Waals surface area contributed by atoms with Crippen LogP contribution >= 0.6 is 11.6 Å². The Morgan fingerprint density at radius 3 is 3.00 bits per heavy atom. The summed E-state index contributed by atoms with van der Waals surface area (Å²) < 4.78 is 0. The first-order chi connectivity index (χ1) is 7.79. The number of nitrogens with zero attached hydrogens (tertiary/aromatic N) is 3. The van der Waals surface area contributed by atoms with Crippen LogP contribution < -0.4 is 10.6 Å². The minimum atomic E-state index is 0.444. The molecular weight excluding hydrogens is 224 g/mol. The molecule has 2 rings (SSSR count). The van der Waals surface area contributed by atoms with Gasteiger partial charge in [-0.15, -0.1) is 10.2 Å². The molecule has 0 amide bonds. The highest BCUT2D eigenvalue weighted by Gasteiger charge is 2.20. The van der Waals surface area contributed by atoms with Gasteiger partial charge in [0.05, 0.1) is 0 Å². The van der Waals surface area contributed by atoms with Crippen molar-refractivity contribution in [2.24, 2.45) is 11.7 Å². The minimum absolute atomic E-state index is 0.444. The summed E-state index contributed by atoms with van der Waals surface area (Å²) in [7, 11) is 0. The summed E-state index contributed by atoms with van der Waals surface area (Å²) in [6.45, 7) is 2.86. The van der Waals surface area contributed by atoms with Gasteiger partial charge >= 0.3 is 0 Å². The molecule has 0 aromatic carbocycles. The number of piperidine rings is 1. The number of hydrogen-bond acceptors (Lipinski definition) is 4. The largest absolute Gasteiger partial charge is 0.355 e. The second kappa shape index (κ2) is 5.46. The van der Waals surface area contributed by atoms with E-state index < -0.39 is 0 Å². The highest BCUT2D eigenvalue weighted by atomic mass is 35.5. The second-order valence-corrected chi connectivity index (χ2v) is 4.63. The Kier molecular flexibility index (Phi) is 3.96. The van der Waals surface area contributed by atoms with Crippen molar-refractivity contribution in [2.75, 3.05) is 24.5 Å². The Balaban J connectivity index is 2.01. The third-order valence-electron chi connectivity index (χ3n) is 3.04. The summed E-state index contributed by atoms with van der Waals surface area (Å²) >= 11 is 5.72. The van der Waals surface area contributed by atoms with Gasteiger partial charge in [0.15, 0.2) is 11.0 Å². The maximum Gasteiger partial charge on any atom is 0.151 e. The molecule has 2 heterocycles. The zero-order valence-corrected chi connectivity index (χ0v) is 10.0. The fourth-order valence-corrected chi connectivity index (χ4v) is 2.32. The monoisotopic (exact) mass is 240 g/mol. The molecule has 1 atom stereocenters. The van der Waals surface area contributed by atoms with Gasteiger partial charge in [-0.05, 0) is 43.9 Å². The van der Waals surface area contributed by atoms with E-state index in [2.05, 4.69) is 15.1 Å². The van der Waals surface area contributed by atoms with Crippen molar-refractivity contribution in [1.82, 2.24) is 10.2 Å². The van der Waals surface area contributed by atoms with Crippen LogP contribution in [-0.2, 0) is 0 Å². The summed E-state index contributed by atoms with van der Waals surface area (Å²) in [6.07, 6.45) is 3.57. The number of nitrogens with two attached hydrogens (primary N) is 1. The molecular formula is C11H17ClN4. The Labute approximate surface area is 101 Å². The van der Waals surface area contributed by atoms with E-state index in [4.69, 9.17) is 17.3 Å². The zero-order chi connectivity index (χ0) is 11.4. The lowest BCUT2D eigenvalue weighted by Crippen LogP contribution is -2.36. The maximum atomic E-state index is 5.72. The van der Waals surface area contributed by atoms with Crippen molar-refractivity contribution in [3.05, 3.63) is 17.3 Å². The maximum absolute atomic E-state index is 5.72. The SMILES string of the molecule is NCCC1CCCN(c2ccc(Cl)nn2)C1. The lowest BCUT2D eigenvalue weighted by molar-refractivity contribution is 0.394. The number of halogens is 1. The van der Waals surface area contributed by atoms with E-state index in [1.165, 1.54) is 12.8 Å². The molecule has 16 heavy (non-hydrogen) atoms. The van der Waals surface area contributed by atoms with Crippen LogP contribution in [0.4, 0.5) is 5.82 Å². The molecule has 0 spiro atoms. The van der Waals surface area contributed by atoms with E-state index in [9.17, 15) is 0 Å². The first kappa shape index (κ1) is 11.6. The van der Waals surface area contributed by atoms with Crippen LogP contribution in [0.15, 0.2) is 12.1 Å². The minimum Gasteiger partial charge on any atom is -0.355 e. The Morgan fingerprint density at radius 2 is 2.31 bits per heavy atom. The smallest absolute Gasteiger partial charge is 0.151 e. The lowest BCUT2D eigenvalue weighted by atomic mass is 9.95. The molecule has 88 valence electrons. The molecule has 1 saturated heterocycles. The van der Waals surface area contributed by atoms with Crippen LogP contribution in [0.2, 0.25) is 5.15 Å². The van der Waals surface area contributed by atoms with Gasteiger partial charge < -0.3 is 10.6 Å². The predicted octanol–water partition coefficient (Wildman–Crippen LogP) is 1.70. The number of hydrogen-bond donors (Lipinski definition) is 1. The van der Waals surface area contributed by atoms with Crippen LogP contribution in [0, 0.1) is 5.92 Å². The van der Waals surface area contributed by atoms with Gasteiger partial charge in [-0.2, -0.15) is 0 Å². The van der Waals surface area contributed by atoms with Gasteiger partial charge in [-0.1, -0.05) is 11.6 Å². The fourth-order valence-electron chi connectivity index (χ4n) is 2.22. The van der Waals surface area contributed by atoms with Crippen LogP contribution in [-0.4, -0.2) is 29.8 Å². The van der Waals surface area contributed by atoms with Crippen molar-refractivity contribution >= 4 is 17.4 Å². The van der Waals surface area contributed by atoms with Crippen molar-refractivity contribution in [3.63, 3.8) is 0 Å². The summed E-state index contributed by atoms with van der Waals surface area (Å²) in [5, 5.41) is 8.43. The number of rotatable bonds is 3. The standard InChI is InChI=1S/C11H17ClN4/c12-10-3-4-11(15-14-10)16-7-1-2-9(8-16)5-6-13/h3-4,9H,1-2,5-8,13H2. The topological polar surface area (TPSA) is 55.0 Å². The molecule has 1 unspecified atom stereocenters. The van der Waals surface area contributed by atoms with Crippen molar-refractivity contribution in [1.29, 1.82) is 0 Å². The molecule has 4 nitrogen and oxygen atoms in total. The molecule has 1 aromatic heterocycles. The van der Waals surface area contributed by atoms with Crippen molar-refractivity contribution < 1.29 is 0 Å². The zero-order valence-electron chi connectivity index (χ0n) is 9.27. The average molecular weight is 241 g/mol. The highest BCUT2D eigenvalue weighted by Crippen LogP contribution is 2.23. The van der Waals surface area contributed by atoms with Crippen LogP contribution in [0.1, 0.15) is 19.3 Å². The quantitative estimate of drug-likeness (QED) is 0.874. The molecule has 1 aliphatic heterocycles. The Morgan fingerprint density at radius 1 is 1.44 bits per heavy atom. The Bertz CT molecular complexity index is 325. The Hall–Kier alpha value is -0.870. The van der Waals surface area contributed by atoms with E-state index in [1.807, 2.05) is 6.07 Å². The van der Waals surface area contributed by atoms with E-state index in [0.29, 0.717) is 11.1 Å². The summed E-state index contributed by atoms with van der Waals surface area (Å²) in [4.78, 5) is 2.27. The van der Waals surface area contributed by atoms with E-state index in [1.54, 1.807) is 6.07 Å². The molecule has 0 saturated carbocycles. The molecule has 1 aliphatic rings. The van der Waals surface area contributed by atoms with Crippen LogP contribution in [0.3, 0.4) is 0 Å². The average Bonchev–Trinajstić information content (AvgIpc) is 2.31. The normalized spacial score (nSPS) is 21.1. The van der Waals surface area contributed by atoms with Gasteiger partial charge in [-0.3, -0.25) is 0 Å². The van der Waals surface area contributed by atoms with E-state index in [0.717, 1.165) is 31.9 Å². The fraction of sp³-hybridized carbons (Fsp3) is 0.636. The molecule has 0 radical (unpaired) electrons. The predicted molar refractivity (Wildman–Crippen MR) is 65.7 cm³/mol.